The summed E-state index contributed by atoms with van der Waals surface area (Å²) in [5.74, 6) is 3.66. The minimum atomic E-state index is -0.114. The molecule has 0 unspecified atom stereocenters. The van der Waals surface area contributed by atoms with Gasteiger partial charge in [0.2, 0.25) is 0 Å². The molecule has 1 N–H and O–H groups in total. The summed E-state index contributed by atoms with van der Waals surface area (Å²) in [6.07, 6.45) is 7.89. The van der Waals surface area contributed by atoms with Gasteiger partial charge in [-0.25, -0.2) is 0 Å². The normalized spacial score (nSPS) is 32.2. The zero-order valence-corrected chi connectivity index (χ0v) is 16.6. The number of hydrogen-bond acceptors (Lipinski definition) is 4. The van der Waals surface area contributed by atoms with E-state index in [1.54, 1.807) is 32.4 Å². The Morgan fingerprint density at radius 2 is 1.67 bits per heavy atom. The van der Waals surface area contributed by atoms with Crippen LogP contribution in [0.3, 0.4) is 0 Å². The number of nitrogens with one attached hydrogen (secondary N) is 1. The van der Waals surface area contributed by atoms with Crippen LogP contribution in [0.5, 0.6) is 11.5 Å². The summed E-state index contributed by atoms with van der Waals surface area (Å²) in [6.45, 7) is 2.60. The molecule has 0 saturated heterocycles. The molecule has 5 rings (SSSR count). The molecule has 4 bridgehead atoms. The lowest BCUT2D eigenvalue weighted by Crippen LogP contribution is -2.53. The van der Waals surface area contributed by atoms with Gasteiger partial charge < -0.3 is 19.5 Å². The highest BCUT2D eigenvalue weighted by Gasteiger charge is 2.52. The summed E-state index contributed by atoms with van der Waals surface area (Å²) in [4.78, 5) is 12.5. The molecule has 4 aliphatic rings. The highest BCUT2D eigenvalue weighted by molar-refractivity contribution is 5.94. The van der Waals surface area contributed by atoms with Gasteiger partial charge in [-0.05, 0) is 81.4 Å². The highest BCUT2D eigenvalue weighted by atomic mass is 16.5. The summed E-state index contributed by atoms with van der Waals surface area (Å²) >= 11 is 0. The lowest BCUT2D eigenvalue weighted by molar-refractivity contribution is -0.182. The first-order chi connectivity index (χ1) is 13.0. The Balaban J connectivity index is 1.33. The van der Waals surface area contributed by atoms with E-state index in [4.69, 9.17) is 14.2 Å². The smallest absolute Gasteiger partial charge is 0.251 e. The second-order valence-corrected chi connectivity index (χ2v) is 8.81. The lowest BCUT2D eigenvalue weighted by Gasteiger charge is -2.57. The zero-order chi connectivity index (χ0) is 19.0. The summed E-state index contributed by atoms with van der Waals surface area (Å²) in [5, 5.41) is 3.01. The van der Waals surface area contributed by atoms with E-state index in [-0.39, 0.29) is 17.6 Å². The Morgan fingerprint density at radius 3 is 2.22 bits per heavy atom. The van der Waals surface area contributed by atoms with Gasteiger partial charge in [0.05, 0.1) is 25.9 Å². The number of carbonyl (C=O) groups excluding carboxylic acids is 1. The van der Waals surface area contributed by atoms with E-state index in [1.165, 1.54) is 38.5 Å². The molecule has 5 nitrogen and oxygen atoms in total. The first kappa shape index (κ1) is 18.6. The Hall–Kier alpha value is -1.75. The summed E-state index contributed by atoms with van der Waals surface area (Å²) in [6, 6.07) is 5.21. The van der Waals surface area contributed by atoms with Crippen LogP contribution in [-0.2, 0) is 4.74 Å². The first-order valence-corrected chi connectivity index (χ1v) is 10.2. The van der Waals surface area contributed by atoms with E-state index < -0.39 is 0 Å². The molecule has 1 amide bonds. The van der Waals surface area contributed by atoms with Crippen molar-refractivity contribution in [1.29, 1.82) is 0 Å². The third kappa shape index (κ3) is 3.79. The van der Waals surface area contributed by atoms with Gasteiger partial charge in [-0.1, -0.05) is 0 Å². The van der Waals surface area contributed by atoms with Gasteiger partial charge in [0.15, 0.2) is 11.5 Å². The average Bonchev–Trinajstić information content (AvgIpc) is 2.64. The van der Waals surface area contributed by atoms with Crippen LogP contribution in [0.4, 0.5) is 0 Å². The van der Waals surface area contributed by atoms with E-state index in [0.29, 0.717) is 23.6 Å². The molecule has 4 fully saturated rings. The van der Waals surface area contributed by atoms with E-state index in [9.17, 15) is 4.79 Å². The zero-order valence-electron chi connectivity index (χ0n) is 16.6. The maximum atomic E-state index is 12.5. The van der Waals surface area contributed by atoms with Crippen LogP contribution >= 0.6 is 0 Å². The van der Waals surface area contributed by atoms with Gasteiger partial charge in [0.1, 0.15) is 0 Å². The molecule has 0 heterocycles. The van der Waals surface area contributed by atoms with E-state index >= 15 is 0 Å². The van der Waals surface area contributed by atoms with Gasteiger partial charge >= 0.3 is 0 Å². The number of hydrogen-bond donors (Lipinski definition) is 1. The average molecular weight is 373 g/mol. The molecule has 0 aromatic heterocycles. The highest BCUT2D eigenvalue weighted by Crippen LogP contribution is 2.57. The molecule has 0 aliphatic heterocycles. The van der Waals surface area contributed by atoms with Crippen molar-refractivity contribution in [3.8, 4) is 11.5 Å². The molecule has 4 aliphatic carbocycles. The minimum Gasteiger partial charge on any atom is -0.493 e. The van der Waals surface area contributed by atoms with Crippen molar-refractivity contribution >= 4 is 5.91 Å². The molecule has 5 heteroatoms. The summed E-state index contributed by atoms with van der Waals surface area (Å²) in [5.41, 5.74) is 0.636. The van der Waals surface area contributed by atoms with Gasteiger partial charge in [-0.2, -0.15) is 0 Å². The fourth-order valence-corrected chi connectivity index (χ4v) is 5.96. The molecule has 0 radical (unpaired) electrons. The van der Waals surface area contributed by atoms with Gasteiger partial charge in [0, 0.05) is 12.1 Å². The fourth-order valence-electron chi connectivity index (χ4n) is 5.96. The van der Waals surface area contributed by atoms with Crippen molar-refractivity contribution in [3.05, 3.63) is 23.8 Å². The van der Waals surface area contributed by atoms with Crippen molar-refractivity contribution in [1.82, 2.24) is 5.32 Å². The van der Waals surface area contributed by atoms with Crippen molar-refractivity contribution in [3.63, 3.8) is 0 Å². The largest absolute Gasteiger partial charge is 0.493 e. The van der Waals surface area contributed by atoms with Crippen LogP contribution in [0.15, 0.2) is 18.2 Å². The molecule has 1 aromatic rings. The number of ether oxygens (including phenoxy) is 3. The molecule has 0 spiro atoms. The van der Waals surface area contributed by atoms with Crippen molar-refractivity contribution in [2.75, 3.05) is 20.8 Å². The predicted octanol–water partition coefficient (Wildman–Crippen LogP) is 3.81. The van der Waals surface area contributed by atoms with Crippen LogP contribution in [-0.4, -0.2) is 38.4 Å². The van der Waals surface area contributed by atoms with Gasteiger partial charge in [0.25, 0.3) is 5.91 Å². The van der Waals surface area contributed by atoms with E-state index in [2.05, 4.69) is 12.2 Å². The number of carbonyl (C=O) groups is 1. The number of rotatable bonds is 7. The predicted molar refractivity (Wildman–Crippen MR) is 103 cm³/mol. The van der Waals surface area contributed by atoms with Crippen LogP contribution in [0.1, 0.15) is 55.8 Å². The van der Waals surface area contributed by atoms with Crippen molar-refractivity contribution < 1.29 is 19.0 Å². The van der Waals surface area contributed by atoms with Crippen LogP contribution in [0.2, 0.25) is 0 Å². The SMILES string of the molecule is COc1ccc(C(=O)NC[C@H](C)OC23CC4CC(CC(C4)C2)C3)cc1OC. The Kier molecular flexibility index (Phi) is 5.06. The summed E-state index contributed by atoms with van der Waals surface area (Å²) in [7, 11) is 3.15. The third-order valence-electron chi connectivity index (χ3n) is 6.63. The molecule has 1 atom stereocenters. The first-order valence-electron chi connectivity index (χ1n) is 10.2. The van der Waals surface area contributed by atoms with Crippen LogP contribution < -0.4 is 14.8 Å². The molecule has 4 saturated carbocycles. The van der Waals surface area contributed by atoms with Gasteiger partial charge in [-0.3, -0.25) is 4.79 Å². The standard InChI is InChI=1S/C22H31NO4/c1-14(27-22-10-15-6-16(11-22)8-17(7-15)12-22)13-23-21(24)18-4-5-19(25-2)20(9-18)26-3/h4-5,9,14-17H,6-8,10-13H2,1-3H3,(H,23,24)/t14-,15?,16?,17?,22?/m0/s1. The molecular weight excluding hydrogens is 342 g/mol. The van der Waals surface area contributed by atoms with E-state index in [0.717, 1.165) is 17.8 Å². The molecule has 27 heavy (non-hydrogen) atoms. The summed E-state index contributed by atoms with van der Waals surface area (Å²) < 4.78 is 17.1. The molecule has 1 aromatic carbocycles. The monoisotopic (exact) mass is 373 g/mol. The Labute approximate surface area is 161 Å². The molecular formula is C22H31NO4. The fraction of sp³-hybridized carbons (Fsp3) is 0.682. The van der Waals surface area contributed by atoms with Crippen molar-refractivity contribution in [2.24, 2.45) is 17.8 Å². The lowest BCUT2D eigenvalue weighted by atomic mass is 9.54. The van der Waals surface area contributed by atoms with E-state index in [1.807, 2.05) is 0 Å². The third-order valence-corrected chi connectivity index (χ3v) is 6.63. The number of methoxy groups -OCH3 is 2. The second-order valence-electron chi connectivity index (χ2n) is 8.81. The minimum absolute atomic E-state index is 0.0188. The van der Waals surface area contributed by atoms with Crippen molar-refractivity contribution in [2.45, 2.75) is 57.2 Å². The second kappa shape index (κ2) is 7.34. The maximum Gasteiger partial charge on any atom is 0.251 e. The quantitative estimate of drug-likeness (QED) is 0.790. The van der Waals surface area contributed by atoms with Gasteiger partial charge in [-0.15, -0.1) is 0 Å². The number of benzene rings is 1. The van der Waals surface area contributed by atoms with Crippen LogP contribution in [0.25, 0.3) is 0 Å². The van der Waals surface area contributed by atoms with Crippen LogP contribution in [0, 0.1) is 17.8 Å². The Bertz CT molecular complexity index is 666. The maximum absolute atomic E-state index is 12.5. The molecule has 148 valence electrons. The number of amides is 1. The topological polar surface area (TPSA) is 56.8 Å². The Morgan fingerprint density at radius 1 is 1.07 bits per heavy atom.